The van der Waals surface area contributed by atoms with Gasteiger partial charge in [0.15, 0.2) is 4.77 Å². The van der Waals surface area contributed by atoms with Crippen LogP contribution in [0.5, 0.6) is 0 Å². The van der Waals surface area contributed by atoms with Gasteiger partial charge in [0.25, 0.3) is 0 Å². The summed E-state index contributed by atoms with van der Waals surface area (Å²) in [4.78, 5) is 11.4. The maximum Gasteiger partial charge on any atom is 0.196 e. The normalized spacial score (nSPS) is 15.1. The molecule has 0 saturated heterocycles. The summed E-state index contributed by atoms with van der Waals surface area (Å²) < 4.78 is 1.98. The number of hydrogen-bond acceptors (Lipinski definition) is 4. The zero-order valence-electron chi connectivity index (χ0n) is 12.4. The van der Waals surface area contributed by atoms with E-state index in [0.717, 1.165) is 26.1 Å². The number of hydrogen-bond donors (Lipinski definition) is 1. The molecule has 0 amide bonds. The Morgan fingerprint density at radius 2 is 2.23 bits per heavy atom. The summed E-state index contributed by atoms with van der Waals surface area (Å²) in [7, 11) is 0. The fraction of sp³-hybridized carbons (Fsp3) is 0.294. The van der Waals surface area contributed by atoms with Crippen molar-refractivity contribution in [1.29, 1.82) is 0 Å². The molecule has 4 rings (SSSR count). The van der Waals surface area contributed by atoms with E-state index in [4.69, 9.17) is 12.2 Å². The molecular weight excluding hydrogens is 310 g/mol. The maximum absolute atomic E-state index is 5.11. The van der Waals surface area contributed by atoms with Crippen LogP contribution < -0.4 is 0 Å². The molecule has 0 fully saturated rings. The van der Waals surface area contributed by atoms with E-state index in [9.17, 15) is 0 Å². The van der Waals surface area contributed by atoms with Crippen LogP contribution in [0.1, 0.15) is 21.7 Å². The third-order valence-electron chi connectivity index (χ3n) is 4.36. The molecule has 3 nitrogen and oxygen atoms in total. The van der Waals surface area contributed by atoms with E-state index in [1.54, 1.807) is 0 Å². The number of rotatable bonds is 2. The average Bonchev–Trinajstić information content (AvgIpc) is 2.84. The van der Waals surface area contributed by atoms with Gasteiger partial charge in [-0.05, 0) is 36.2 Å². The quantitative estimate of drug-likeness (QED) is 0.715. The second-order valence-electron chi connectivity index (χ2n) is 5.80. The zero-order valence-corrected chi connectivity index (χ0v) is 14.1. The molecule has 1 aliphatic rings. The summed E-state index contributed by atoms with van der Waals surface area (Å²) in [5, 5.41) is 1.39. The summed E-state index contributed by atoms with van der Waals surface area (Å²) in [6, 6.07) is 8.68. The van der Waals surface area contributed by atoms with Gasteiger partial charge in [-0.25, -0.2) is 4.98 Å². The standard InChI is InChI=1S/C17H17N3S2/c1-11-13-4-2-3-5-15(13)22-16(11)10-20-7-6-14-12(9-20)8-18-17(21)19-14/h2-5,8H,6-7,9-10H2,1H3,(H,18,19,21). The first-order valence-corrected chi connectivity index (χ1v) is 8.69. The summed E-state index contributed by atoms with van der Waals surface area (Å²) >= 11 is 7.03. The van der Waals surface area contributed by atoms with Crippen LogP contribution >= 0.6 is 23.6 Å². The molecule has 2 aromatic heterocycles. The highest BCUT2D eigenvalue weighted by molar-refractivity contribution is 7.71. The van der Waals surface area contributed by atoms with Crippen molar-refractivity contribution in [3.05, 3.63) is 56.9 Å². The minimum absolute atomic E-state index is 0.590. The fourth-order valence-electron chi connectivity index (χ4n) is 3.12. The third kappa shape index (κ3) is 2.49. The molecular formula is C17H17N3S2. The van der Waals surface area contributed by atoms with Crippen LogP contribution in [-0.4, -0.2) is 21.4 Å². The molecule has 0 radical (unpaired) electrons. The fourth-order valence-corrected chi connectivity index (χ4v) is 4.55. The molecule has 0 atom stereocenters. The largest absolute Gasteiger partial charge is 0.334 e. The number of thiophene rings is 1. The van der Waals surface area contributed by atoms with Gasteiger partial charge in [0.05, 0.1) is 0 Å². The van der Waals surface area contributed by atoms with Gasteiger partial charge >= 0.3 is 0 Å². The van der Waals surface area contributed by atoms with Gasteiger partial charge in [-0.3, -0.25) is 4.90 Å². The number of nitrogens with one attached hydrogen (secondary N) is 1. The number of benzene rings is 1. The number of H-pyrrole nitrogens is 1. The number of aromatic amines is 1. The van der Waals surface area contributed by atoms with Crippen LogP contribution in [0.25, 0.3) is 10.1 Å². The van der Waals surface area contributed by atoms with Gasteiger partial charge in [-0.2, -0.15) is 0 Å². The minimum Gasteiger partial charge on any atom is -0.334 e. The first kappa shape index (κ1) is 14.1. The molecule has 3 heterocycles. The van der Waals surface area contributed by atoms with Crippen molar-refractivity contribution in [2.75, 3.05) is 6.54 Å². The highest BCUT2D eigenvalue weighted by atomic mass is 32.1. The monoisotopic (exact) mass is 327 g/mol. The van der Waals surface area contributed by atoms with Crippen molar-refractivity contribution in [2.24, 2.45) is 0 Å². The van der Waals surface area contributed by atoms with E-state index in [2.05, 4.69) is 46.1 Å². The van der Waals surface area contributed by atoms with Gasteiger partial charge in [-0.15, -0.1) is 11.3 Å². The highest BCUT2D eigenvalue weighted by Crippen LogP contribution is 2.32. The Labute approximate surface area is 138 Å². The molecule has 5 heteroatoms. The molecule has 0 unspecified atom stereocenters. The molecule has 3 aromatic rings. The molecule has 112 valence electrons. The van der Waals surface area contributed by atoms with Crippen molar-refractivity contribution in [1.82, 2.24) is 14.9 Å². The molecule has 1 N–H and O–H groups in total. The Kier molecular flexibility index (Phi) is 3.56. The SMILES string of the molecule is Cc1c(CN2CCc3[nH]c(=S)ncc3C2)sc2ccccc12. The highest BCUT2D eigenvalue weighted by Gasteiger charge is 2.19. The lowest BCUT2D eigenvalue weighted by molar-refractivity contribution is 0.244. The smallest absolute Gasteiger partial charge is 0.196 e. The third-order valence-corrected chi connectivity index (χ3v) is 5.83. The van der Waals surface area contributed by atoms with Crippen LogP contribution in [0.2, 0.25) is 0 Å². The Bertz CT molecular complexity index is 894. The molecule has 1 aromatic carbocycles. The molecule has 22 heavy (non-hydrogen) atoms. The summed E-state index contributed by atoms with van der Waals surface area (Å²) in [5.74, 6) is 0. The Hall–Kier alpha value is -1.56. The second-order valence-corrected chi connectivity index (χ2v) is 7.32. The lowest BCUT2D eigenvalue weighted by atomic mass is 10.1. The van der Waals surface area contributed by atoms with Crippen molar-refractivity contribution in [3.8, 4) is 0 Å². The second kappa shape index (κ2) is 5.57. The summed E-state index contributed by atoms with van der Waals surface area (Å²) in [6.45, 7) is 5.27. The first-order valence-electron chi connectivity index (χ1n) is 7.47. The average molecular weight is 327 g/mol. The van der Waals surface area contributed by atoms with Crippen molar-refractivity contribution >= 4 is 33.6 Å². The van der Waals surface area contributed by atoms with Gasteiger partial charge in [0.2, 0.25) is 0 Å². The van der Waals surface area contributed by atoms with Gasteiger partial charge in [0.1, 0.15) is 0 Å². The number of aromatic nitrogens is 2. The Morgan fingerprint density at radius 1 is 1.36 bits per heavy atom. The maximum atomic E-state index is 5.11. The van der Waals surface area contributed by atoms with E-state index in [1.807, 2.05) is 17.5 Å². The van der Waals surface area contributed by atoms with Gasteiger partial charge in [-0.1, -0.05) is 18.2 Å². The zero-order chi connectivity index (χ0) is 15.1. The van der Waals surface area contributed by atoms with E-state index in [0.29, 0.717) is 4.77 Å². The Balaban J connectivity index is 1.60. The van der Waals surface area contributed by atoms with Crippen molar-refractivity contribution < 1.29 is 0 Å². The van der Waals surface area contributed by atoms with E-state index in [1.165, 1.54) is 31.8 Å². The summed E-state index contributed by atoms with van der Waals surface area (Å²) in [6.07, 6.45) is 2.95. The molecule has 0 saturated carbocycles. The lowest BCUT2D eigenvalue weighted by Crippen LogP contribution is -2.30. The van der Waals surface area contributed by atoms with Crippen LogP contribution in [0.3, 0.4) is 0 Å². The van der Waals surface area contributed by atoms with Crippen LogP contribution in [0.15, 0.2) is 30.5 Å². The number of nitrogens with zero attached hydrogens (tertiary/aromatic N) is 2. The van der Waals surface area contributed by atoms with Crippen LogP contribution in [0.4, 0.5) is 0 Å². The number of fused-ring (bicyclic) bond motifs is 2. The van der Waals surface area contributed by atoms with Gasteiger partial charge < -0.3 is 4.98 Å². The molecule has 0 aliphatic carbocycles. The molecule has 0 spiro atoms. The topological polar surface area (TPSA) is 31.9 Å². The minimum atomic E-state index is 0.590. The van der Waals surface area contributed by atoms with Crippen molar-refractivity contribution in [2.45, 2.75) is 26.4 Å². The molecule has 1 aliphatic heterocycles. The van der Waals surface area contributed by atoms with Gasteiger partial charge in [0, 0.05) is 53.1 Å². The predicted molar refractivity (Wildman–Crippen MR) is 93.8 cm³/mol. The Morgan fingerprint density at radius 3 is 3.09 bits per heavy atom. The van der Waals surface area contributed by atoms with Crippen LogP contribution in [-0.2, 0) is 19.5 Å². The van der Waals surface area contributed by atoms with Crippen molar-refractivity contribution in [3.63, 3.8) is 0 Å². The summed E-state index contributed by atoms with van der Waals surface area (Å²) in [5.41, 5.74) is 3.96. The van der Waals surface area contributed by atoms with E-state index >= 15 is 0 Å². The van der Waals surface area contributed by atoms with Crippen LogP contribution in [0, 0.1) is 11.7 Å². The predicted octanol–water partition coefficient (Wildman–Crippen LogP) is 4.22. The van der Waals surface area contributed by atoms with E-state index in [-0.39, 0.29) is 0 Å². The lowest BCUT2D eigenvalue weighted by Gasteiger charge is -2.27. The molecule has 0 bridgehead atoms. The first-order chi connectivity index (χ1) is 10.7. The number of aryl methyl sites for hydroxylation is 1. The van der Waals surface area contributed by atoms with E-state index < -0.39 is 0 Å².